The number of carbonyl (C=O) groups excluding carboxylic acids is 2. The average Bonchev–Trinajstić information content (AvgIpc) is 2.40. The van der Waals surface area contributed by atoms with Crippen molar-refractivity contribution in [2.45, 2.75) is 6.42 Å². The molecule has 0 aliphatic heterocycles. The zero-order valence-corrected chi connectivity index (χ0v) is 11.1. The van der Waals surface area contributed by atoms with E-state index in [2.05, 4.69) is 20.9 Å². The maximum absolute atomic E-state index is 12.0. The van der Waals surface area contributed by atoms with Crippen molar-refractivity contribution < 1.29 is 9.59 Å². The van der Waals surface area contributed by atoms with Crippen LogP contribution >= 0.6 is 15.9 Å². The van der Waals surface area contributed by atoms with Gasteiger partial charge in [-0.1, -0.05) is 34.1 Å². The van der Waals surface area contributed by atoms with Crippen LogP contribution in [0.1, 0.15) is 27.1 Å². The second-order valence-corrected chi connectivity index (χ2v) is 4.60. The maximum atomic E-state index is 12.0. The number of rotatable bonds is 4. The molecule has 0 aliphatic carbocycles. The first-order valence-corrected chi connectivity index (χ1v) is 6.19. The van der Waals surface area contributed by atoms with E-state index in [4.69, 9.17) is 0 Å². The lowest BCUT2D eigenvalue weighted by atomic mass is 10.0. The topological polar surface area (TPSA) is 47.0 Å². The van der Waals surface area contributed by atoms with Crippen LogP contribution < -0.4 is 0 Å². The summed E-state index contributed by atoms with van der Waals surface area (Å²) < 4.78 is 0.703. The molecule has 0 saturated carbocycles. The van der Waals surface area contributed by atoms with Crippen LogP contribution in [0.3, 0.4) is 0 Å². The second-order valence-electron chi connectivity index (χ2n) is 3.74. The molecule has 0 N–H and O–H groups in total. The van der Waals surface area contributed by atoms with Gasteiger partial charge in [-0.15, -0.1) is 0 Å². The molecule has 0 bridgehead atoms. The van der Waals surface area contributed by atoms with E-state index >= 15 is 0 Å². The van der Waals surface area contributed by atoms with Crippen molar-refractivity contribution in [2.24, 2.45) is 0 Å². The Labute approximate surface area is 113 Å². The zero-order valence-electron chi connectivity index (χ0n) is 9.47. The molecule has 4 heteroatoms. The van der Waals surface area contributed by atoms with Gasteiger partial charge in [0.15, 0.2) is 11.6 Å². The summed E-state index contributed by atoms with van der Waals surface area (Å²) in [6, 6.07) is 10.4. The molecular weight excluding hydrogens is 294 g/mol. The standard InChI is InChI=1S/C14H10BrNO2/c15-12-6-2-1-5-11(12)14(18)8-13(17)10-4-3-7-16-9-10/h1-7,9H,8H2. The van der Waals surface area contributed by atoms with E-state index in [0.717, 1.165) is 0 Å². The lowest BCUT2D eigenvalue weighted by Crippen LogP contribution is -2.09. The van der Waals surface area contributed by atoms with E-state index in [1.165, 1.54) is 6.20 Å². The minimum Gasteiger partial charge on any atom is -0.294 e. The Kier molecular flexibility index (Phi) is 3.99. The molecule has 1 heterocycles. The Morgan fingerprint density at radius 2 is 1.83 bits per heavy atom. The number of Topliss-reactive ketones (excluding diaryl/α,β-unsaturated/α-hetero) is 2. The van der Waals surface area contributed by atoms with Crippen LogP contribution in [0.5, 0.6) is 0 Å². The van der Waals surface area contributed by atoms with Gasteiger partial charge in [-0.3, -0.25) is 14.6 Å². The number of benzene rings is 1. The van der Waals surface area contributed by atoms with Crippen molar-refractivity contribution >= 4 is 27.5 Å². The number of pyridine rings is 1. The number of hydrogen-bond donors (Lipinski definition) is 0. The molecule has 2 rings (SSSR count). The van der Waals surface area contributed by atoms with Gasteiger partial charge in [0.1, 0.15) is 0 Å². The fourth-order valence-corrected chi connectivity index (χ4v) is 2.06. The third-order valence-electron chi connectivity index (χ3n) is 2.48. The third-order valence-corrected chi connectivity index (χ3v) is 3.17. The van der Waals surface area contributed by atoms with Crippen LogP contribution in [0.25, 0.3) is 0 Å². The molecule has 0 aliphatic rings. The summed E-state index contributed by atoms with van der Waals surface area (Å²) in [7, 11) is 0. The number of nitrogens with zero attached hydrogens (tertiary/aromatic N) is 1. The van der Waals surface area contributed by atoms with E-state index in [1.807, 2.05) is 6.07 Å². The lowest BCUT2D eigenvalue weighted by Gasteiger charge is -2.03. The SMILES string of the molecule is O=C(CC(=O)c1ccccc1Br)c1cccnc1. The molecule has 2 aromatic rings. The highest BCUT2D eigenvalue weighted by Crippen LogP contribution is 2.18. The van der Waals surface area contributed by atoms with Crippen molar-refractivity contribution in [1.82, 2.24) is 4.98 Å². The molecule has 0 atom stereocenters. The summed E-state index contributed by atoms with van der Waals surface area (Å²) in [4.78, 5) is 27.7. The van der Waals surface area contributed by atoms with E-state index < -0.39 is 0 Å². The van der Waals surface area contributed by atoms with Gasteiger partial charge in [0.25, 0.3) is 0 Å². The smallest absolute Gasteiger partial charge is 0.172 e. The number of ketones is 2. The van der Waals surface area contributed by atoms with Crippen molar-refractivity contribution in [2.75, 3.05) is 0 Å². The third kappa shape index (κ3) is 2.90. The Hall–Kier alpha value is -1.81. The van der Waals surface area contributed by atoms with Crippen LogP contribution in [0.15, 0.2) is 53.3 Å². The lowest BCUT2D eigenvalue weighted by molar-refractivity contribution is 0.0893. The van der Waals surface area contributed by atoms with E-state index in [0.29, 0.717) is 15.6 Å². The van der Waals surface area contributed by atoms with Crippen LogP contribution in [-0.2, 0) is 0 Å². The van der Waals surface area contributed by atoms with E-state index in [-0.39, 0.29) is 18.0 Å². The molecule has 1 aromatic carbocycles. The van der Waals surface area contributed by atoms with Crippen LogP contribution in [-0.4, -0.2) is 16.6 Å². The largest absolute Gasteiger partial charge is 0.294 e. The number of aromatic nitrogens is 1. The highest BCUT2D eigenvalue weighted by molar-refractivity contribution is 9.10. The van der Waals surface area contributed by atoms with Crippen LogP contribution in [0.2, 0.25) is 0 Å². The van der Waals surface area contributed by atoms with E-state index in [1.54, 1.807) is 36.5 Å². The van der Waals surface area contributed by atoms with Crippen molar-refractivity contribution in [3.8, 4) is 0 Å². The number of halogens is 1. The minimum absolute atomic E-state index is 0.145. The Morgan fingerprint density at radius 1 is 1.06 bits per heavy atom. The van der Waals surface area contributed by atoms with Crippen LogP contribution in [0, 0.1) is 0 Å². The molecule has 0 radical (unpaired) electrons. The zero-order chi connectivity index (χ0) is 13.0. The normalized spacial score (nSPS) is 10.1. The molecule has 0 fully saturated rings. The summed E-state index contributed by atoms with van der Waals surface area (Å²) in [6.07, 6.45) is 2.91. The maximum Gasteiger partial charge on any atom is 0.172 e. The summed E-state index contributed by atoms with van der Waals surface area (Å²) in [5, 5.41) is 0. The van der Waals surface area contributed by atoms with Gasteiger partial charge in [-0.25, -0.2) is 0 Å². The van der Waals surface area contributed by atoms with Crippen molar-refractivity contribution in [3.63, 3.8) is 0 Å². The molecule has 18 heavy (non-hydrogen) atoms. The second kappa shape index (κ2) is 5.69. The first kappa shape index (κ1) is 12.6. The highest BCUT2D eigenvalue weighted by atomic mass is 79.9. The minimum atomic E-state index is -0.219. The number of carbonyl (C=O) groups is 2. The van der Waals surface area contributed by atoms with Gasteiger partial charge in [-0.2, -0.15) is 0 Å². The predicted octanol–water partition coefficient (Wildman–Crippen LogP) is 3.30. The summed E-state index contributed by atoms with van der Waals surface area (Å²) >= 11 is 3.30. The predicted molar refractivity (Wildman–Crippen MR) is 71.7 cm³/mol. The molecule has 3 nitrogen and oxygen atoms in total. The Balaban J connectivity index is 2.14. The summed E-state index contributed by atoms with van der Waals surface area (Å²) in [5.74, 6) is -0.416. The molecule has 0 saturated heterocycles. The van der Waals surface area contributed by atoms with Gasteiger partial charge in [0.2, 0.25) is 0 Å². The Bertz CT molecular complexity index is 581. The molecule has 0 unspecified atom stereocenters. The van der Waals surface area contributed by atoms with Gasteiger partial charge in [-0.05, 0) is 18.2 Å². The van der Waals surface area contributed by atoms with Crippen molar-refractivity contribution in [1.29, 1.82) is 0 Å². The first-order chi connectivity index (χ1) is 8.68. The molecule has 90 valence electrons. The fourth-order valence-electron chi connectivity index (χ4n) is 1.56. The van der Waals surface area contributed by atoms with Gasteiger partial charge >= 0.3 is 0 Å². The van der Waals surface area contributed by atoms with Crippen molar-refractivity contribution in [3.05, 3.63) is 64.4 Å². The van der Waals surface area contributed by atoms with E-state index in [9.17, 15) is 9.59 Å². The summed E-state index contributed by atoms with van der Waals surface area (Å²) in [6.45, 7) is 0. The molecule has 0 spiro atoms. The Morgan fingerprint density at radius 3 is 2.50 bits per heavy atom. The molecular formula is C14H10BrNO2. The molecule has 1 aromatic heterocycles. The average molecular weight is 304 g/mol. The van der Waals surface area contributed by atoms with Gasteiger partial charge in [0, 0.05) is 28.0 Å². The summed E-state index contributed by atoms with van der Waals surface area (Å²) in [5.41, 5.74) is 0.979. The monoisotopic (exact) mass is 303 g/mol. The number of hydrogen-bond acceptors (Lipinski definition) is 3. The van der Waals surface area contributed by atoms with Crippen LogP contribution in [0.4, 0.5) is 0 Å². The highest BCUT2D eigenvalue weighted by Gasteiger charge is 2.15. The van der Waals surface area contributed by atoms with Gasteiger partial charge in [0.05, 0.1) is 6.42 Å². The fraction of sp³-hybridized carbons (Fsp3) is 0.0714. The quantitative estimate of drug-likeness (QED) is 0.643. The first-order valence-electron chi connectivity index (χ1n) is 5.39. The molecule has 0 amide bonds. The van der Waals surface area contributed by atoms with Gasteiger partial charge < -0.3 is 0 Å².